The highest BCUT2D eigenvalue weighted by atomic mass is 32.2. The lowest BCUT2D eigenvalue weighted by atomic mass is 10.4. The Bertz CT molecular complexity index is 375. The van der Waals surface area contributed by atoms with Crippen LogP contribution in [0.25, 0.3) is 0 Å². The Morgan fingerprint density at radius 2 is 1.94 bits per heavy atom. The highest BCUT2D eigenvalue weighted by molar-refractivity contribution is 7.86. The Balaban J connectivity index is 2.06. The molecule has 0 spiro atoms. The minimum Gasteiger partial charge on any atom is -0.195 e. The Hall–Kier alpha value is -0.570. The van der Waals surface area contributed by atoms with Crippen LogP contribution in [0.2, 0.25) is 0 Å². The molecule has 5 heteroatoms. The molecule has 0 radical (unpaired) electrons. The molecule has 0 aromatic carbocycles. The summed E-state index contributed by atoms with van der Waals surface area (Å²) in [6.45, 7) is 2.10. The van der Waals surface area contributed by atoms with Gasteiger partial charge in [-0.2, -0.15) is 17.0 Å². The molecule has 2 aliphatic rings. The normalized spacial score (nSPS) is 22.5. The van der Waals surface area contributed by atoms with Crippen molar-refractivity contribution in [3.8, 4) is 12.3 Å². The van der Waals surface area contributed by atoms with Crippen LogP contribution in [0.4, 0.5) is 0 Å². The van der Waals surface area contributed by atoms with Crippen molar-refractivity contribution in [2.45, 2.75) is 25.7 Å². The van der Waals surface area contributed by atoms with E-state index in [2.05, 4.69) is 5.92 Å². The molecular weight excluding hydrogens is 224 g/mol. The molecule has 0 atom stereocenters. The van der Waals surface area contributed by atoms with Gasteiger partial charge in [-0.3, -0.25) is 0 Å². The van der Waals surface area contributed by atoms with E-state index in [-0.39, 0.29) is 6.54 Å². The van der Waals surface area contributed by atoms with Crippen LogP contribution < -0.4 is 0 Å². The molecule has 1 saturated carbocycles. The van der Waals surface area contributed by atoms with E-state index in [9.17, 15) is 8.42 Å². The van der Waals surface area contributed by atoms with E-state index >= 15 is 0 Å². The third-order valence-corrected chi connectivity index (χ3v) is 5.09. The van der Waals surface area contributed by atoms with Crippen LogP contribution in [-0.2, 0) is 10.2 Å². The fourth-order valence-electron chi connectivity index (χ4n) is 2.01. The summed E-state index contributed by atoms with van der Waals surface area (Å²) in [5, 5.41) is 0. The molecule has 1 aliphatic carbocycles. The van der Waals surface area contributed by atoms with Gasteiger partial charge in [-0.15, -0.1) is 6.42 Å². The highest BCUT2D eigenvalue weighted by Crippen LogP contribution is 2.31. The summed E-state index contributed by atoms with van der Waals surface area (Å²) in [6, 6.07) is 0. The fourth-order valence-corrected chi connectivity index (χ4v) is 3.70. The molecule has 4 nitrogen and oxygen atoms in total. The maximum Gasteiger partial charge on any atom is 0.282 e. The van der Waals surface area contributed by atoms with Gasteiger partial charge in [0.25, 0.3) is 10.2 Å². The van der Waals surface area contributed by atoms with E-state index in [4.69, 9.17) is 6.42 Å². The molecule has 0 aromatic rings. The standard InChI is InChI=1S/C11H18N2O2S/c1-2-7-13(10-11-5-6-11)16(14,15)12-8-3-4-9-12/h1,11H,3-10H2. The Morgan fingerprint density at radius 1 is 1.31 bits per heavy atom. The highest BCUT2D eigenvalue weighted by Gasteiger charge is 2.35. The minimum absolute atomic E-state index is 0.204. The van der Waals surface area contributed by atoms with Crippen molar-refractivity contribution in [1.82, 2.24) is 8.61 Å². The number of terminal acetylenes is 1. The van der Waals surface area contributed by atoms with Gasteiger partial charge < -0.3 is 0 Å². The lowest BCUT2D eigenvalue weighted by Crippen LogP contribution is -2.43. The van der Waals surface area contributed by atoms with Crippen LogP contribution in [0.5, 0.6) is 0 Å². The molecule has 2 fully saturated rings. The molecule has 1 saturated heterocycles. The second kappa shape index (κ2) is 4.74. The zero-order chi connectivity index (χ0) is 11.6. The van der Waals surface area contributed by atoms with Crippen LogP contribution in [0.3, 0.4) is 0 Å². The maximum atomic E-state index is 12.2. The summed E-state index contributed by atoms with van der Waals surface area (Å²) in [7, 11) is -3.29. The van der Waals surface area contributed by atoms with Gasteiger partial charge in [0.05, 0.1) is 6.54 Å². The van der Waals surface area contributed by atoms with Gasteiger partial charge in [0.2, 0.25) is 0 Å². The van der Waals surface area contributed by atoms with Crippen molar-refractivity contribution in [1.29, 1.82) is 0 Å². The number of hydrogen-bond acceptors (Lipinski definition) is 2. The first kappa shape index (κ1) is 11.9. The maximum absolute atomic E-state index is 12.2. The van der Waals surface area contributed by atoms with E-state index in [1.165, 1.54) is 4.31 Å². The van der Waals surface area contributed by atoms with Crippen LogP contribution in [0, 0.1) is 18.3 Å². The lowest BCUT2D eigenvalue weighted by Gasteiger charge is -2.25. The topological polar surface area (TPSA) is 40.6 Å². The minimum atomic E-state index is -3.29. The van der Waals surface area contributed by atoms with Crippen molar-refractivity contribution < 1.29 is 8.42 Å². The van der Waals surface area contributed by atoms with Gasteiger partial charge >= 0.3 is 0 Å². The van der Waals surface area contributed by atoms with E-state index in [1.807, 2.05) is 0 Å². The first-order valence-corrected chi connectivity index (χ1v) is 7.23. The average molecular weight is 242 g/mol. The number of nitrogens with zero attached hydrogens (tertiary/aromatic N) is 2. The summed E-state index contributed by atoms with van der Waals surface area (Å²) in [4.78, 5) is 0. The molecule has 0 amide bonds. The summed E-state index contributed by atoms with van der Waals surface area (Å²) in [6.07, 6.45) is 9.45. The molecule has 0 unspecified atom stereocenters. The van der Waals surface area contributed by atoms with Crippen LogP contribution >= 0.6 is 0 Å². The second-order valence-electron chi connectivity index (χ2n) is 4.55. The first-order valence-electron chi connectivity index (χ1n) is 5.83. The third-order valence-electron chi connectivity index (χ3n) is 3.14. The summed E-state index contributed by atoms with van der Waals surface area (Å²) in [5.74, 6) is 2.98. The van der Waals surface area contributed by atoms with Crippen LogP contribution in [0.1, 0.15) is 25.7 Å². The van der Waals surface area contributed by atoms with E-state index in [0.717, 1.165) is 25.7 Å². The average Bonchev–Trinajstić information content (AvgIpc) is 2.89. The van der Waals surface area contributed by atoms with Gasteiger partial charge in [0.1, 0.15) is 0 Å². The SMILES string of the molecule is C#CCN(CC1CC1)S(=O)(=O)N1CCCC1. The summed E-state index contributed by atoms with van der Waals surface area (Å²) < 4.78 is 27.5. The van der Waals surface area contributed by atoms with E-state index in [1.54, 1.807) is 4.31 Å². The summed E-state index contributed by atoms with van der Waals surface area (Å²) >= 11 is 0. The second-order valence-corrected chi connectivity index (χ2v) is 6.48. The van der Waals surface area contributed by atoms with Crippen molar-refractivity contribution in [3.05, 3.63) is 0 Å². The first-order chi connectivity index (χ1) is 7.64. The van der Waals surface area contributed by atoms with Gasteiger partial charge in [-0.1, -0.05) is 5.92 Å². The van der Waals surface area contributed by atoms with Crippen LogP contribution in [-0.4, -0.2) is 43.2 Å². The fraction of sp³-hybridized carbons (Fsp3) is 0.818. The largest absolute Gasteiger partial charge is 0.282 e. The van der Waals surface area contributed by atoms with Gasteiger partial charge in [0, 0.05) is 19.6 Å². The van der Waals surface area contributed by atoms with Crippen molar-refractivity contribution in [2.24, 2.45) is 5.92 Å². The summed E-state index contributed by atoms with van der Waals surface area (Å²) in [5.41, 5.74) is 0. The zero-order valence-electron chi connectivity index (χ0n) is 9.43. The predicted octanol–water partition coefficient (Wildman–Crippen LogP) is 0.672. The van der Waals surface area contributed by atoms with Crippen molar-refractivity contribution in [2.75, 3.05) is 26.2 Å². The Kier molecular flexibility index (Phi) is 3.53. The van der Waals surface area contributed by atoms with E-state index < -0.39 is 10.2 Å². The third kappa shape index (κ3) is 2.57. The van der Waals surface area contributed by atoms with Gasteiger partial charge in [-0.05, 0) is 31.6 Å². The van der Waals surface area contributed by atoms with E-state index in [0.29, 0.717) is 25.6 Å². The molecular formula is C11H18N2O2S. The monoisotopic (exact) mass is 242 g/mol. The molecule has 0 aromatic heterocycles. The molecule has 0 bridgehead atoms. The number of rotatable bonds is 5. The van der Waals surface area contributed by atoms with Crippen molar-refractivity contribution in [3.63, 3.8) is 0 Å². The molecule has 1 heterocycles. The number of hydrogen-bond donors (Lipinski definition) is 0. The zero-order valence-corrected chi connectivity index (χ0v) is 10.2. The van der Waals surface area contributed by atoms with Crippen LogP contribution in [0.15, 0.2) is 0 Å². The molecule has 0 N–H and O–H groups in total. The van der Waals surface area contributed by atoms with Gasteiger partial charge in [-0.25, -0.2) is 0 Å². The Morgan fingerprint density at radius 3 is 2.44 bits per heavy atom. The lowest BCUT2D eigenvalue weighted by molar-refractivity contribution is 0.372. The predicted molar refractivity (Wildman–Crippen MR) is 62.9 cm³/mol. The molecule has 2 rings (SSSR count). The quantitative estimate of drug-likeness (QED) is 0.665. The molecule has 1 aliphatic heterocycles. The van der Waals surface area contributed by atoms with Crippen molar-refractivity contribution >= 4 is 10.2 Å². The molecule has 16 heavy (non-hydrogen) atoms. The molecule has 90 valence electrons. The Labute approximate surface area is 97.8 Å². The smallest absolute Gasteiger partial charge is 0.195 e. The van der Waals surface area contributed by atoms with Gasteiger partial charge in [0.15, 0.2) is 0 Å².